The number of para-hydroxylation sites is 1. The Morgan fingerprint density at radius 3 is 2.43 bits per heavy atom. The minimum Gasteiger partial charge on any atom is -0.457 e. The molecule has 4 aromatic rings. The summed E-state index contributed by atoms with van der Waals surface area (Å²) in [6, 6.07) is 22.5. The van der Waals surface area contributed by atoms with Crippen molar-refractivity contribution < 1.29 is 9.53 Å². The topological polar surface area (TPSA) is 63.2 Å². The number of anilines is 2. The third-order valence-electron chi connectivity index (χ3n) is 4.42. The maximum Gasteiger partial charge on any atom is 0.246 e. The summed E-state index contributed by atoms with van der Waals surface area (Å²) in [5, 5.41) is 6.19. The molecule has 0 aliphatic carbocycles. The lowest BCUT2D eigenvalue weighted by atomic mass is 10.2. The van der Waals surface area contributed by atoms with Crippen molar-refractivity contribution in [3.05, 3.63) is 72.8 Å². The summed E-state index contributed by atoms with van der Waals surface area (Å²) in [5.74, 6) is 1.38. The van der Waals surface area contributed by atoms with Crippen LogP contribution in [0.1, 0.15) is 6.92 Å². The molecule has 2 N–H and O–H groups in total. The fourth-order valence-corrected chi connectivity index (χ4v) is 4.41. The average molecular weight is 436 g/mol. The molecule has 0 radical (unpaired) electrons. The van der Waals surface area contributed by atoms with Crippen molar-refractivity contribution >= 4 is 50.6 Å². The van der Waals surface area contributed by atoms with Gasteiger partial charge in [0.15, 0.2) is 4.34 Å². The highest BCUT2D eigenvalue weighted by Crippen LogP contribution is 2.30. The van der Waals surface area contributed by atoms with Crippen LogP contribution in [0.3, 0.4) is 0 Å². The quantitative estimate of drug-likeness (QED) is 0.336. The molecule has 7 heteroatoms. The van der Waals surface area contributed by atoms with E-state index in [4.69, 9.17) is 4.74 Å². The van der Waals surface area contributed by atoms with Gasteiger partial charge in [0.25, 0.3) is 0 Å². The Kier molecular flexibility index (Phi) is 6.21. The zero-order valence-corrected chi connectivity index (χ0v) is 18.2. The maximum absolute atomic E-state index is 12.6. The molecule has 1 aromatic heterocycles. The number of fused-ring (bicyclic) bond motifs is 1. The van der Waals surface area contributed by atoms with Gasteiger partial charge in [-0.2, -0.15) is 0 Å². The van der Waals surface area contributed by atoms with Gasteiger partial charge in [-0.15, -0.1) is 11.3 Å². The lowest BCUT2D eigenvalue weighted by molar-refractivity contribution is -0.116. The molecule has 0 unspecified atom stereocenters. The minimum absolute atomic E-state index is 0.110. The van der Waals surface area contributed by atoms with E-state index in [-0.39, 0.29) is 5.91 Å². The molecule has 152 valence electrons. The lowest BCUT2D eigenvalue weighted by Crippen LogP contribution is -2.31. The number of hydrogen-bond acceptors (Lipinski definition) is 6. The number of hydrogen-bond donors (Lipinski definition) is 2. The second-order valence-electron chi connectivity index (χ2n) is 6.66. The smallest absolute Gasteiger partial charge is 0.246 e. The van der Waals surface area contributed by atoms with Crippen LogP contribution < -0.4 is 15.4 Å². The van der Waals surface area contributed by atoms with Gasteiger partial charge in [-0.05, 0) is 67.8 Å². The number of amides is 1. The number of carbonyl (C=O) groups excluding carboxylic acids is 1. The molecule has 0 bridgehead atoms. The fraction of sp³-hybridized carbons (Fsp3) is 0.130. The van der Waals surface area contributed by atoms with E-state index in [1.165, 1.54) is 0 Å². The first-order valence-corrected chi connectivity index (χ1v) is 11.5. The second kappa shape index (κ2) is 9.19. The third kappa shape index (κ3) is 4.93. The number of aromatic nitrogens is 1. The van der Waals surface area contributed by atoms with Crippen LogP contribution in [-0.2, 0) is 4.79 Å². The summed E-state index contributed by atoms with van der Waals surface area (Å²) in [6.45, 7) is 1.84. The van der Waals surface area contributed by atoms with Crippen LogP contribution in [-0.4, -0.2) is 23.2 Å². The van der Waals surface area contributed by atoms with Crippen LogP contribution in [0.25, 0.3) is 10.2 Å². The van der Waals surface area contributed by atoms with Crippen LogP contribution >= 0.6 is 23.1 Å². The van der Waals surface area contributed by atoms with Crippen molar-refractivity contribution in [2.24, 2.45) is 0 Å². The molecule has 0 fully saturated rings. The van der Waals surface area contributed by atoms with Gasteiger partial charge < -0.3 is 15.4 Å². The Bertz CT molecular complexity index is 1140. The van der Waals surface area contributed by atoms with Crippen molar-refractivity contribution in [1.82, 2.24) is 4.98 Å². The summed E-state index contributed by atoms with van der Waals surface area (Å²) < 4.78 is 7.92. The molecule has 3 aromatic carbocycles. The molecule has 0 spiro atoms. The van der Waals surface area contributed by atoms with Crippen LogP contribution in [0.15, 0.2) is 77.1 Å². The van der Waals surface area contributed by atoms with Gasteiger partial charge in [-0.25, -0.2) is 4.98 Å². The number of thioether (sulfide) groups is 1. The highest BCUT2D eigenvalue weighted by atomic mass is 32.2. The van der Waals surface area contributed by atoms with Crippen molar-refractivity contribution in [2.45, 2.75) is 17.3 Å². The molecule has 5 nitrogen and oxygen atoms in total. The number of thiazole rings is 1. The molecular formula is C23H21N3O2S2. The molecule has 1 atom stereocenters. The Balaban J connectivity index is 1.36. The number of nitrogens with one attached hydrogen (secondary N) is 2. The van der Waals surface area contributed by atoms with Crippen LogP contribution in [0.5, 0.6) is 11.5 Å². The predicted octanol–water partition coefficient (Wildman–Crippen LogP) is 6.25. The van der Waals surface area contributed by atoms with Crippen LogP contribution in [0.4, 0.5) is 11.4 Å². The number of carbonyl (C=O) groups is 1. The summed E-state index contributed by atoms with van der Waals surface area (Å²) in [5.41, 5.74) is 2.59. The number of rotatable bonds is 7. The van der Waals surface area contributed by atoms with Crippen LogP contribution in [0.2, 0.25) is 0 Å². The van der Waals surface area contributed by atoms with E-state index in [0.29, 0.717) is 5.75 Å². The standard InChI is InChI=1S/C23H21N3O2S2/c1-15(24-17-10-13-20-21(14-17)30-23(26-20)29-2)22(27)25-16-8-11-19(12-9-16)28-18-6-4-3-5-7-18/h3-15,24H,1-2H3,(H,25,27)/t15-/m1/s1. The Morgan fingerprint density at radius 2 is 1.70 bits per heavy atom. The van der Waals surface area contributed by atoms with Gasteiger partial charge in [-0.1, -0.05) is 30.0 Å². The van der Waals surface area contributed by atoms with E-state index in [1.807, 2.05) is 86.0 Å². The van der Waals surface area contributed by atoms with E-state index < -0.39 is 6.04 Å². The Morgan fingerprint density at radius 1 is 1.00 bits per heavy atom. The molecule has 0 saturated carbocycles. The highest BCUT2D eigenvalue weighted by molar-refractivity contribution is 8.00. The molecule has 0 aliphatic heterocycles. The Hall–Kier alpha value is -3.03. The normalized spacial score (nSPS) is 11.8. The van der Waals surface area contributed by atoms with Gasteiger partial charge >= 0.3 is 0 Å². The SMILES string of the molecule is CSc1nc2ccc(N[C@H](C)C(=O)Nc3ccc(Oc4ccccc4)cc3)cc2s1. The Labute approximate surface area is 183 Å². The third-order valence-corrected chi connectivity index (χ3v) is 6.42. The van der Waals surface area contributed by atoms with Gasteiger partial charge in [0.2, 0.25) is 5.91 Å². The van der Waals surface area contributed by atoms with E-state index in [9.17, 15) is 4.79 Å². The minimum atomic E-state index is -0.393. The van der Waals surface area contributed by atoms with E-state index >= 15 is 0 Å². The van der Waals surface area contributed by atoms with Gasteiger partial charge in [0, 0.05) is 11.4 Å². The van der Waals surface area contributed by atoms with Crippen molar-refractivity contribution in [3.63, 3.8) is 0 Å². The van der Waals surface area contributed by atoms with Crippen molar-refractivity contribution in [2.75, 3.05) is 16.9 Å². The van der Waals surface area contributed by atoms with Gasteiger partial charge in [-0.3, -0.25) is 4.79 Å². The van der Waals surface area contributed by atoms with Crippen LogP contribution in [0, 0.1) is 0 Å². The average Bonchev–Trinajstić information content (AvgIpc) is 3.18. The molecule has 0 saturated heterocycles. The number of nitrogens with zero attached hydrogens (tertiary/aromatic N) is 1. The first-order valence-electron chi connectivity index (χ1n) is 9.45. The molecular weight excluding hydrogens is 414 g/mol. The molecule has 4 rings (SSSR count). The fourth-order valence-electron chi connectivity index (χ4n) is 2.88. The highest BCUT2D eigenvalue weighted by Gasteiger charge is 2.14. The zero-order valence-electron chi connectivity index (χ0n) is 16.6. The first-order chi connectivity index (χ1) is 14.6. The number of benzene rings is 3. The predicted molar refractivity (Wildman–Crippen MR) is 126 cm³/mol. The number of ether oxygens (including phenoxy) is 1. The molecule has 0 aliphatic rings. The monoisotopic (exact) mass is 435 g/mol. The van der Waals surface area contributed by atoms with E-state index in [0.717, 1.165) is 31.7 Å². The molecule has 1 amide bonds. The maximum atomic E-state index is 12.6. The summed E-state index contributed by atoms with van der Waals surface area (Å²) in [7, 11) is 0. The summed E-state index contributed by atoms with van der Waals surface area (Å²) >= 11 is 3.29. The van der Waals surface area contributed by atoms with Crippen molar-refractivity contribution in [1.29, 1.82) is 0 Å². The first kappa shape index (κ1) is 20.3. The van der Waals surface area contributed by atoms with Gasteiger partial charge in [0.05, 0.1) is 10.2 Å². The summed E-state index contributed by atoms with van der Waals surface area (Å²) in [6.07, 6.45) is 2.02. The molecule has 30 heavy (non-hydrogen) atoms. The van der Waals surface area contributed by atoms with E-state index in [1.54, 1.807) is 23.1 Å². The van der Waals surface area contributed by atoms with Gasteiger partial charge in [0.1, 0.15) is 17.5 Å². The summed E-state index contributed by atoms with van der Waals surface area (Å²) in [4.78, 5) is 17.1. The zero-order chi connectivity index (χ0) is 20.9. The van der Waals surface area contributed by atoms with E-state index in [2.05, 4.69) is 15.6 Å². The molecule has 1 heterocycles. The largest absolute Gasteiger partial charge is 0.457 e. The van der Waals surface area contributed by atoms with Crippen molar-refractivity contribution in [3.8, 4) is 11.5 Å². The second-order valence-corrected chi connectivity index (χ2v) is 8.75. The lowest BCUT2D eigenvalue weighted by Gasteiger charge is -2.15.